The zero-order valence-electron chi connectivity index (χ0n) is 14.2. The molecule has 8 heteroatoms. The second-order valence-corrected chi connectivity index (χ2v) is 6.78. The molecule has 27 heavy (non-hydrogen) atoms. The first kappa shape index (κ1) is 16.2. The van der Waals surface area contributed by atoms with Crippen LogP contribution in [0, 0.1) is 11.7 Å². The highest BCUT2D eigenvalue weighted by atomic mass is 19.1. The highest BCUT2D eigenvalue weighted by Crippen LogP contribution is 2.48. The van der Waals surface area contributed by atoms with Gasteiger partial charge in [0.2, 0.25) is 6.79 Å². The highest BCUT2D eigenvalue weighted by molar-refractivity contribution is 5.90. The third-order valence-corrected chi connectivity index (χ3v) is 5.23. The average Bonchev–Trinajstić information content (AvgIpc) is 3.35. The molecule has 3 atom stereocenters. The number of fused-ring (bicyclic) bond motifs is 4. The SMILES string of the molecule is O=C(Nc1ccc2c(c1)OCO2)N1C[C@@H](CO)[C@@H]2Oc3c(F)cccc3[C@@H]21. The molecule has 3 heterocycles. The molecule has 0 aliphatic carbocycles. The van der Waals surface area contributed by atoms with Gasteiger partial charge in [-0.2, -0.15) is 0 Å². The van der Waals surface area contributed by atoms with Gasteiger partial charge in [0.1, 0.15) is 6.10 Å². The van der Waals surface area contributed by atoms with Crippen molar-refractivity contribution in [2.45, 2.75) is 12.1 Å². The minimum atomic E-state index is -0.468. The van der Waals surface area contributed by atoms with Crippen LogP contribution in [0.5, 0.6) is 17.2 Å². The Morgan fingerprint density at radius 2 is 2.11 bits per heavy atom. The van der Waals surface area contributed by atoms with Crippen molar-refractivity contribution in [3.8, 4) is 17.2 Å². The molecule has 0 saturated carbocycles. The standard InChI is InChI=1S/C19H17FN2O5/c20-13-3-1-2-12-16-17(27-18(12)13)10(8-23)7-22(16)19(24)21-11-4-5-14-15(6-11)26-9-25-14/h1-6,10,16-17,23H,7-9H2,(H,21,24)/t10-,16-,17-/m0/s1. The molecule has 0 radical (unpaired) electrons. The van der Waals surface area contributed by atoms with Crippen LogP contribution in [0.3, 0.4) is 0 Å². The summed E-state index contributed by atoms with van der Waals surface area (Å²) in [6.45, 7) is 0.323. The first-order valence-corrected chi connectivity index (χ1v) is 8.69. The lowest BCUT2D eigenvalue weighted by Gasteiger charge is -2.23. The molecule has 3 aliphatic rings. The zero-order chi connectivity index (χ0) is 18.5. The number of likely N-dealkylation sites (tertiary alicyclic amines) is 1. The first-order chi connectivity index (χ1) is 13.2. The van der Waals surface area contributed by atoms with E-state index in [1.807, 2.05) is 0 Å². The Morgan fingerprint density at radius 1 is 1.26 bits per heavy atom. The number of nitrogens with one attached hydrogen (secondary N) is 1. The summed E-state index contributed by atoms with van der Waals surface area (Å²) in [7, 11) is 0. The van der Waals surface area contributed by atoms with Crippen LogP contribution >= 0.6 is 0 Å². The van der Waals surface area contributed by atoms with E-state index >= 15 is 0 Å². The van der Waals surface area contributed by atoms with Crippen molar-refractivity contribution in [3.63, 3.8) is 0 Å². The van der Waals surface area contributed by atoms with Crippen molar-refractivity contribution in [1.82, 2.24) is 4.90 Å². The van der Waals surface area contributed by atoms with E-state index in [-0.39, 0.29) is 31.1 Å². The molecule has 0 spiro atoms. The fraction of sp³-hybridized carbons (Fsp3) is 0.316. The summed E-state index contributed by atoms with van der Waals surface area (Å²) in [5, 5.41) is 12.5. The number of aliphatic hydroxyl groups excluding tert-OH is 1. The summed E-state index contributed by atoms with van der Waals surface area (Å²) in [4.78, 5) is 14.5. The van der Waals surface area contributed by atoms with Gasteiger partial charge < -0.3 is 29.5 Å². The Morgan fingerprint density at radius 3 is 2.96 bits per heavy atom. The van der Waals surface area contributed by atoms with Crippen LogP contribution in [0.2, 0.25) is 0 Å². The van der Waals surface area contributed by atoms with Crippen LogP contribution in [0.15, 0.2) is 36.4 Å². The van der Waals surface area contributed by atoms with Gasteiger partial charge in [-0.15, -0.1) is 0 Å². The molecule has 2 aromatic carbocycles. The van der Waals surface area contributed by atoms with Crippen LogP contribution in [-0.4, -0.2) is 42.1 Å². The predicted octanol–water partition coefficient (Wildman–Crippen LogP) is 2.51. The minimum absolute atomic E-state index is 0.148. The maximum absolute atomic E-state index is 14.1. The molecule has 2 amide bonds. The van der Waals surface area contributed by atoms with Crippen LogP contribution in [0.1, 0.15) is 11.6 Å². The van der Waals surface area contributed by atoms with Crippen molar-refractivity contribution in [3.05, 3.63) is 47.8 Å². The molecular formula is C19H17FN2O5. The fourth-order valence-corrected chi connectivity index (χ4v) is 3.97. The van der Waals surface area contributed by atoms with Crippen molar-refractivity contribution < 1.29 is 28.5 Å². The largest absolute Gasteiger partial charge is 0.484 e. The third kappa shape index (κ3) is 2.48. The van der Waals surface area contributed by atoms with E-state index in [0.29, 0.717) is 29.3 Å². The van der Waals surface area contributed by atoms with Gasteiger partial charge in [-0.3, -0.25) is 0 Å². The number of benzene rings is 2. The number of hydrogen-bond donors (Lipinski definition) is 2. The van der Waals surface area contributed by atoms with Gasteiger partial charge in [-0.1, -0.05) is 12.1 Å². The molecule has 2 N–H and O–H groups in total. The van der Waals surface area contributed by atoms with Gasteiger partial charge in [0.15, 0.2) is 23.1 Å². The third-order valence-electron chi connectivity index (χ3n) is 5.23. The van der Waals surface area contributed by atoms with Crippen LogP contribution in [0.25, 0.3) is 0 Å². The van der Waals surface area contributed by atoms with Crippen LogP contribution in [0.4, 0.5) is 14.9 Å². The van der Waals surface area contributed by atoms with Crippen molar-refractivity contribution in [2.75, 3.05) is 25.3 Å². The van der Waals surface area contributed by atoms with E-state index in [4.69, 9.17) is 14.2 Å². The van der Waals surface area contributed by atoms with Crippen LogP contribution in [-0.2, 0) is 0 Å². The number of carbonyl (C=O) groups excluding carboxylic acids is 1. The summed E-state index contributed by atoms with van der Waals surface area (Å²) >= 11 is 0. The summed E-state index contributed by atoms with van der Waals surface area (Å²) < 4.78 is 30.5. The number of carbonyl (C=O) groups is 1. The minimum Gasteiger partial charge on any atom is -0.484 e. The second-order valence-electron chi connectivity index (χ2n) is 6.78. The lowest BCUT2D eigenvalue weighted by atomic mass is 9.99. The Bertz CT molecular complexity index is 921. The number of urea groups is 1. The molecule has 2 aromatic rings. The lowest BCUT2D eigenvalue weighted by Crippen LogP contribution is -2.35. The Hall–Kier alpha value is -3.00. The summed E-state index contributed by atoms with van der Waals surface area (Å²) in [6.07, 6.45) is -0.468. The quantitative estimate of drug-likeness (QED) is 0.847. The van der Waals surface area contributed by atoms with E-state index in [9.17, 15) is 14.3 Å². The number of rotatable bonds is 2. The lowest BCUT2D eigenvalue weighted by molar-refractivity contribution is 0.117. The number of nitrogens with zero attached hydrogens (tertiary/aromatic N) is 1. The van der Waals surface area contributed by atoms with E-state index in [1.165, 1.54) is 6.07 Å². The number of anilines is 1. The summed E-state index contributed by atoms with van der Waals surface area (Å²) in [5.74, 6) is 0.602. The van der Waals surface area contributed by atoms with Gasteiger partial charge in [-0.25, -0.2) is 9.18 Å². The Balaban J connectivity index is 1.43. The normalized spacial score (nSPS) is 24.4. The Labute approximate surface area is 154 Å². The molecule has 0 unspecified atom stereocenters. The number of para-hydroxylation sites is 1. The van der Waals surface area contributed by atoms with Gasteiger partial charge in [0.25, 0.3) is 0 Å². The van der Waals surface area contributed by atoms with Crippen molar-refractivity contribution in [1.29, 1.82) is 0 Å². The van der Waals surface area contributed by atoms with Crippen molar-refractivity contribution in [2.24, 2.45) is 5.92 Å². The Kier molecular flexibility index (Phi) is 3.61. The molecular weight excluding hydrogens is 355 g/mol. The van der Waals surface area contributed by atoms with Gasteiger partial charge in [-0.05, 0) is 18.2 Å². The number of aliphatic hydroxyl groups is 1. The maximum atomic E-state index is 14.1. The fourth-order valence-electron chi connectivity index (χ4n) is 3.97. The van der Waals surface area contributed by atoms with E-state index in [0.717, 1.165) is 0 Å². The topological polar surface area (TPSA) is 80.3 Å². The monoisotopic (exact) mass is 372 g/mol. The number of ether oxygens (including phenoxy) is 3. The summed E-state index contributed by atoms with van der Waals surface area (Å²) in [6, 6.07) is 9.03. The molecule has 0 aromatic heterocycles. The molecule has 1 fully saturated rings. The van der Waals surface area contributed by atoms with Gasteiger partial charge in [0, 0.05) is 29.8 Å². The molecule has 7 nitrogen and oxygen atoms in total. The molecule has 1 saturated heterocycles. The predicted molar refractivity (Wildman–Crippen MR) is 92.4 cm³/mol. The summed E-state index contributed by atoms with van der Waals surface area (Å²) in [5.41, 5.74) is 1.18. The number of halogens is 1. The zero-order valence-corrected chi connectivity index (χ0v) is 14.2. The van der Waals surface area contributed by atoms with E-state index in [1.54, 1.807) is 35.2 Å². The molecule has 0 bridgehead atoms. The van der Waals surface area contributed by atoms with E-state index < -0.39 is 18.0 Å². The van der Waals surface area contributed by atoms with Gasteiger partial charge >= 0.3 is 6.03 Å². The molecule has 5 rings (SSSR count). The van der Waals surface area contributed by atoms with Crippen LogP contribution < -0.4 is 19.5 Å². The molecule has 140 valence electrons. The molecule has 3 aliphatic heterocycles. The average molecular weight is 372 g/mol. The highest BCUT2D eigenvalue weighted by Gasteiger charge is 2.51. The maximum Gasteiger partial charge on any atom is 0.322 e. The smallest absolute Gasteiger partial charge is 0.322 e. The van der Waals surface area contributed by atoms with Gasteiger partial charge in [0.05, 0.1) is 12.6 Å². The second kappa shape index (κ2) is 6.02. The van der Waals surface area contributed by atoms with Crippen molar-refractivity contribution >= 4 is 11.7 Å². The van der Waals surface area contributed by atoms with E-state index in [2.05, 4.69) is 5.32 Å². The first-order valence-electron chi connectivity index (χ1n) is 8.69. The number of amides is 2. The number of hydrogen-bond acceptors (Lipinski definition) is 5.